The average molecular weight is 245 g/mol. The molecule has 0 aromatic rings. The second kappa shape index (κ2) is 6.93. The van der Waals surface area contributed by atoms with E-state index in [-0.39, 0.29) is 12.1 Å². The molecule has 5 heteroatoms. The summed E-state index contributed by atoms with van der Waals surface area (Å²) >= 11 is 0. The van der Waals surface area contributed by atoms with Gasteiger partial charge in [0.25, 0.3) is 0 Å². The van der Waals surface area contributed by atoms with Crippen molar-refractivity contribution >= 4 is 5.97 Å². The lowest BCUT2D eigenvalue weighted by atomic mass is 9.81. The Bertz CT molecular complexity index is 247. The van der Waals surface area contributed by atoms with E-state index in [9.17, 15) is 4.79 Å². The fourth-order valence-electron chi connectivity index (χ4n) is 2.24. The minimum Gasteiger partial charge on any atom is -0.468 e. The highest BCUT2D eigenvalue weighted by Crippen LogP contribution is 2.29. The van der Waals surface area contributed by atoms with Gasteiger partial charge in [0.15, 0.2) is 0 Å². The van der Waals surface area contributed by atoms with Crippen LogP contribution in [-0.4, -0.2) is 45.0 Å². The van der Waals surface area contributed by atoms with Gasteiger partial charge in [-0.3, -0.25) is 4.79 Å². The smallest absolute Gasteiger partial charge is 0.325 e. The third-order valence-corrected chi connectivity index (χ3v) is 3.18. The van der Waals surface area contributed by atoms with Crippen molar-refractivity contribution in [3.63, 3.8) is 0 Å². The van der Waals surface area contributed by atoms with Crippen LogP contribution < -0.4 is 5.73 Å². The molecule has 0 aromatic carbocycles. The minimum atomic E-state index is -0.862. The summed E-state index contributed by atoms with van der Waals surface area (Å²) in [7, 11) is 3.04. The van der Waals surface area contributed by atoms with Crippen molar-refractivity contribution in [3.05, 3.63) is 0 Å². The zero-order valence-electron chi connectivity index (χ0n) is 10.7. The first-order valence-electron chi connectivity index (χ1n) is 6.10. The Hall–Kier alpha value is -0.650. The first kappa shape index (κ1) is 14.4. The summed E-state index contributed by atoms with van der Waals surface area (Å²) in [6, 6.07) is 0. The van der Waals surface area contributed by atoms with Gasteiger partial charge >= 0.3 is 5.97 Å². The number of hydrogen-bond acceptors (Lipinski definition) is 5. The van der Waals surface area contributed by atoms with E-state index in [1.54, 1.807) is 7.11 Å². The molecular weight excluding hydrogens is 222 g/mol. The van der Waals surface area contributed by atoms with Crippen molar-refractivity contribution in [1.29, 1.82) is 0 Å². The molecule has 0 aromatic heterocycles. The van der Waals surface area contributed by atoms with E-state index in [0.717, 1.165) is 19.3 Å². The van der Waals surface area contributed by atoms with Gasteiger partial charge in [0.2, 0.25) is 0 Å². The molecule has 1 aliphatic rings. The van der Waals surface area contributed by atoms with E-state index in [0.29, 0.717) is 26.1 Å². The molecule has 0 aliphatic heterocycles. The third kappa shape index (κ3) is 4.26. The number of hydrogen-bond donors (Lipinski definition) is 1. The van der Waals surface area contributed by atoms with Crippen LogP contribution in [0.4, 0.5) is 0 Å². The Kier molecular flexibility index (Phi) is 5.88. The van der Waals surface area contributed by atoms with Crippen LogP contribution in [0.3, 0.4) is 0 Å². The highest BCUT2D eigenvalue weighted by molar-refractivity contribution is 5.80. The Morgan fingerprint density at radius 1 is 1.41 bits per heavy atom. The number of nitrogens with two attached hydrogens (primary N) is 1. The lowest BCUT2D eigenvalue weighted by molar-refractivity contribution is -0.150. The molecular formula is C12H23NO4. The molecule has 2 atom stereocenters. The van der Waals surface area contributed by atoms with Crippen LogP contribution in [0.2, 0.25) is 0 Å². The summed E-state index contributed by atoms with van der Waals surface area (Å²) in [5.41, 5.74) is 5.19. The van der Waals surface area contributed by atoms with Gasteiger partial charge in [-0.25, -0.2) is 0 Å². The number of carbonyl (C=O) groups excluding carboxylic acids is 1. The summed E-state index contributed by atoms with van der Waals surface area (Å²) in [6.45, 7) is 1.34. The SMILES string of the molecule is COCCCOC1CCCC(N)(C(=O)OC)C1. The summed E-state index contributed by atoms with van der Waals surface area (Å²) < 4.78 is 15.4. The fraction of sp³-hybridized carbons (Fsp3) is 0.917. The van der Waals surface area contributed by atoms with E-state index in [1.807, 2.05) is 0 Å². The van der Waals surface area contributed by atoms with Gasteiger partial charge in [-0.15, -0.1) is 0 Å². The Balaban J connectivity index is 2.35. The van der Waals surface area contributed by atoms with Crippen LogP contribution in [0.5, 0.6) is 0 Å². The lowest BCUT2D eigenvalue weighted by Gasteiger charge is -2.35. The quantitative estimate of drug-likeness (QED) is 0.555. The highest BCUT2D eigenvalue weighted by Gasteiger charge is 2.40. The maximum Gasteiger partial charge on any atom is 0.325 e. The average Bonchev–Trinajstić information content (AvgIpc) is 2.34. The van der Waals surface area contributed by atoms with Crippen molar-refractivity contribution in [2.24, 2.45) is 5.73 Å². The first-order valence-corrected chi connectivity index (χ1v) is 6.10. The molecule has 2 N–H and O–H groups in total. The van der Waals surface area contributed by atoms with Gasteiger partial charge in [-0.2, -0.15) is 0 Å². The molecule has 0 radical (unpaired) electrons. The molecule has 5 nitrogen and oxygen atoms in total. The molecule has 0 spiro atoms. The predicted molar refractivity (Wildman–Crippen MR) is 63.6 cm³/mol. The molecule has 17 heavy (non-hydrogen) atoms. The zero-order valence-corrected chi connectivity index (χ0v) is 10.7. The molecule has 1 saturated carbocycles. The van der Waals surface area contributed by atoms with Crippen molar-refractivity contribution in [3.8, 4) is 0 Å². The van der Waals surface area contributed by atoms with E-state index in [2.05, 4.69) is 0 Å². The Labute approximate surface area is 103 Å². The summed E-state index contributed by atoms with van der Waals surface area (Å²) in [4.78, 5) is 11.6. The van der Waals surface area contributed by atoms with E-state index < -0.39 is 5.54 Å². The van der Waals surface area contributed by atoms with Crippen LogP contribution in [0.25, 0.3) is 0 Å². The van der Waals surface area contributed by atoms with E-state index >= 15 is 0 Å². The Morgan fingerprint density at radius 3 is 2.82 bits per heavy atom. The van der Waals surface area contributed by atoms with Crippen LogP contribution >= 0.6 is 0 Å². The molecule has 1 fully saturated rings. The topological polar surface area (TPSA) is 70.8 Å². The molecule has 0 saturated heterocycles. The van der Waals surface area contributed by atoms with Gasteiger partial charge in [0.1, 0.15) is 5.54 Å². The maximum absolute atomic E-state index is 11.6. The minimum absolute atomic E-state index is 0.0599. The lowest BCUT2D eigenvalue weighted by Crippen LogP contribution is -2.53. The second-order valence-electron chi connectivity index (χ2n) is 4.58. The number of rotatable bonds is 6. The van der Waals surface area contributed by atoms with Gasteiger partial charge in [0, 0.05) is 26.7 Å². The highest BCUT2D eigenvalue weighted by atomic mass is 16.5. The van der Waals surface area contributed by atoms with E-state index in [1.165, 1.54) is 7.11 Å². The normalized spacial score (nSPS) is 29.0. The predicted octanol–water partition coefficient (Wildman–Crippen LogP) is 0.853. The zero-order chi connectivity index (χ0) is 12.7. The van der Waals surface area contributed by atoms with Crippen LogP contribution in [-0.2, 0) is 19.0 Å². The van der Waals surface area contributed by atoms with Crippen molar-refractivity contribution in [1.82, 2.24) is 0 Å². The fourth-order valence-corrected chi connectivity index (χ4v) is 2.24. The molecule has 0 bridgehead atoms. The standard InChI is InChI=1S/C12H23NO4/c1-15-7-4-8-17-10-5-3-6-12(13,9-10)11(14)16-2/h10H,3-9,13H2,1-2H3. The van der Waals surface area contributed by atoms with Crippen LogP contribution in [0, 0.1) is 0 Å². The summed E-state index contributed by atoms with van der Waals surface area (Å²) in [5.74, 6) is -0.331. The number of methoxy groups -OCH3 is 2. The molecule has 100 valence electrons. The van der Waals surface area contributed by atoms with Gasteiger partial charge in [-0.1, -0.05) is 0 Å². The number of carbonyl (C=O) groups is 1. The van der Waals surface area contributed by atoms with Gasteiger partial charge in [-0.05, 0) is 25.7 Å². The monoisotopic (exact) mass is 245 g/mol. The van der Waals surface area contributed by atoms with Crippen molar-refractivity contribution < 1.29 is 19.0 Å². The van der Waals surface area contributed by atoms with E-state index in [4.69, 9.17) is 19.9 Å². The molecule has 1 aliphatic carbocycles. The molecule has 0 amide bonds. The van der Waals surface area contributed by atoms with Gasteiger partial charge < -0.3 is 19.9 Å². The van der Waals surface area contributed by atoms with Crippen molar-refractivity contribution in [2.45, 2.75) is 43.7 Å². The second-order valence-corrected chi connectivity index (χ2v) is 4.58. The molecule has 1 rings (SSSR count). The molecule has 0 heterocycles. The summed E-state index contributed by atoms with van der Waals surface area (Å²) in [6.07, 6.45) is 4.01. The maximum atomic E-state index is 11.6. The third-order valence-electron chi connectivity index (χ3n) is 3.18. The number of esters is 1. The Morgan fingerprint density at radius 2 is 2.18 bits per heavy atom. The number of ether oxygens (including phenoxy) is 3. The van der Waals surface area contributed by atoms with Crippen LogP contribution in [0.1, 0.15) is 32.1 Å². The molecule has 2 unspecified atom stereocenters. The largest absolute Gasteiger partial charge is 0.468 e. The van der Waals surface area contributed by atoms with Gasteiger partial charge in [0.05, 0.1) is 13.2 Å². The van der Waals surface area contributed by atoms with Crippen LogP contribution in [0.15, 0.2) is 0 Å². The summed E-state index contributed by atoms with van der Waals surface area (Å²) in [5, 5.41) is 0. The van der Waals surface area contributed by atoms with Crippen molar-refractivity contribution in [2.75, 3.05) is 27.4 Å². The first-order chi connectivity index (χ1) is 8.12.